The molecule has 0 spiro atoms. The predicted molar refractivity (Wildman–Crippen MR) is 160 cm³/mol. The number of benzene rings is 3. The minimum absolute atomic E-state index is 0. The maximum atomic E-state index is 10.0. The van der Waals surface area contributed by atoms with Gasteiger partial charge in [-0.3, -0.25) is 0 Å². The van der Waals surface area contributed by atoms with E-state index in [1.807, 2.05) is 97.3 Å². The number of hydrogen-bond donors (Lipinski definition) is 1. The Labute approximate surface area is 247 Å². The molecule has 0 fully saturated rings. The quantitative estimate of drug-likeness (QED) is 0.198. The van der Waals surface area contributed by atoms with Crippen LogP contribution in [0, 0.1) is 0 Å². The second-order valence-corrected chi connectivity index (χ2v) is 9.29. The lowest BCUT2D eigenvalue weighted by molar-refractivity contribution is 0.0831. The molecular weight excluding hydrogens is 561 g/mol. The van der Waals surface area contributed by atoms with Crippen LogP contribution in [0.1, 0.15) is 12.7 Å². The third-order valence-electron chi connectivity index (χ3n) is 5.55. The molecule has 0 radical (unpaired) electrons. The van der Waals surface area contributed by atoms with Gasteiger partial charge in [0.2, 0.25) is 0 Å². The predicted octanol–water partition coefficient (Wildman–Crippen LogP) is 6.67. The van der Waals surface area contributed by atoms with Gasteiger partial charge < -0.3 is 28.8 Å². The Morgan fingerprint density at radius 1 is 0.897 bits per heavy atom. The number of likely N-dealkylation sites (N-methyl/N-ethyl adjacent to an activating group) is 1. The fourth-order valence-corrected chi connectivity index (χ4v) is 3.90. The fourth-order valence-electron chi connectivity index (χ4n) is 3.78. The highest BCUT2D eigenvalue weighted by molar-refractivity contribution is 6.30. The fraction of sp³-hybridized carbons (Fsp3) is 0.276. The van der Waals surface area contributed by atoms with Crippen LogP contribution in [0.2, 0.25) is 5.02 Å². The van der Waals surface area contributed by atoms with E-state index in [1.165, 1.54) is 0 Å². The standard InChI is InChI=1S/C29H32ClN3O4.2ClH/c1-4-35-20-29-31-28(21-5-11-25(12-6-21)36-19-24(34)17-32(2)3)18-33(29)23-9-15-27(16-10-23)37-26-13-7-22(30)8-14-26;;/h5-16,18,24,34H,4,17,19-20H2,1-3H3;2*1H. The molecule has 210 valence electrons. The van der Waals surface area contributed by atoms with E-state index in [-0.39, 0.29) is 31.4 Å². The molecule has 1 N–H and O–H groups in total. The topological polar surface area (TPSA) is 69.0 Å². The molecule has 1 unspecified atom stereocenters. The summed E-state index contributed by atoms with van der Waals surface area (Å²) in [5, 5.41) is 10.7. The van der Waals surface area contributed by atoms with Crippen molar-refractivity contribution in [3.8, 4) is 34.2 Å². The SMILES string of the molecule is CCOCc1nc(-c2ccc(OCC(O)CN(C)C)cc2)cn1-c1ccc(Oc2ccc(Cl)cc2)cc1.Cl.Cl. The van der Waals surface area contributed by atoms with Crippen LogP contribution in [0.3, 0.4) is 0 Å². The van der Waals surface area contributed by atoms with E-state index in [2.05, 4.69) is 0 Å². The number of nitrogens with zero attached hydrogens (tertiary/aromatic N) is 3. The van der Waals surface area contributed by atoms with Crippen LogP contribution in [-0.4, -0.2) is 59.5 Å². The van der Waals surface area contributed by atoms with Crippen molar-refractivity contribution in [3.63, 3.8) is 0 Å². The highest BCUT2D eigenvalue weighted by Gasteiger charge is 2.13. The van der Waals surface area contributed by atoms with Crippen LogP contribution in [0.25, 0.3) is 16.9 Å². The summed E-state index contributed by atoms with van der Waals surface area (Å²) >= 11 is 5.96. The van der Waals surface area contributed by atoms with Gasteiger partial charge in [-0.25, -0.2) is 4.98 Å². The summed E-state index contributed by atoms with van der Waals surface area (Å²) in [4.78, 5) is 6.76. The number of hydrogen-bond acceptors (Lipinski definition) is 6. The van der Waals surface area contributed by atoms with Crippen molar-refractivity contribution in [1.29, 1.82) is 0 Å². The zero-order valence-corrected chi connectivity index (χ0v) is 24.5. The van der Waals surface area contributed by atoms with Crippen molar-refractivity contribution in [1.82, 2.24) is 14.5 Å². The van der Waals surface area contributed by atoms with E-state index in [0.717, 1.165) is 34.3 Å². The minimum Gasteiger partial charge on any atom is -0.491 e. The molecule has 4 rings (SSSR count). The molecule has 1 aromatic heterocycles. The Morgan fingerprint density at radius 3 is 2.08 bits per heavy atom. The first-order valence-electron chi connectivity index (χ1n) is 12.2. The number of aromatic nitrogens is 2. The van der Waals surface area contributed by atoms with E-state index < -0.39 is 6.10 Å². The van der Waals surface area contributed by atoms with Gasteiger partial charge in [0.05, 0.1) is 5.69 Å². The summed E-state index contributed by atoms with van der Waals surface area (Å²) in [7, 11) is 3.83. The first kappa shape index (κ1) is 32.4. The van der Waals surface area contributed by atoms with Gasteiger partial charge in [-0.15, -0.1) is 24.8 Å². The van der Waals surface area contributed by atoms with Gasteiger partial charge in [0, 0.05) is 35.6 Å². The van der Waals surface area contributed by atoms with Gasteiger partial charge in [-0.1, -0.05) is 11.6 Å². The summed E-state index contributed by atoms with van der Waals surface area (Å²) in [5.74, 6) is 2.95. The molecule has 10 heteroatoms. The van der Waals surface area contributed by atoms with E-state index in [0.29, 0.717) is 30.5 Å². The Bertz CT molecular complexity index is 1260. The molecule has 0 aliphatic carbocycles. The molecule has 39 heavy (non-hydrogen) atoms. The lowest BCUT2D eigenvalue weighted by Crippen LogP contribution is -2.30. The number of rotatable bonds is 12. The van der Waals surface area contributed by atoms with Crippen LogP contribution in [0.15, 0.2) is 79.0 Å². The molecule has 1 heterocycles. The molecule has 0 saturated heterocycles. The normalized spacial score (nSPS) is 11.4. The monoisotopic (exact) mass is 593 g/mol. The first-order valence-corrected chi connectivity index (χ1v) is 12.5. The first-order chi connectivity index (χ1) is 17.9. The Balaban J connectivity index is 0.00000267. The van der Waals surface area contributed by atoms with Gasteiger partial charge in [0.25, 0.3) is 0 Å². The van der Waals surface area contributed by atoms with E-state index in [9.17, 15) is 5.11 Å². The van der Waals surface area contributed by atoms with Crippen LogP contribution >= 0.6 is 36.4 Å². The van der Waals surface area contributed by atoms with Crippen LogP contribution in [0.5, 0.6) is 17.2 Å². The molecule has 4 aromatic rings. The van der Waals surface area contributed by atoms with E-state index >= 15 is 0 Å². The second-order valence-electron chi connectivity index (χ2n) is 8.85. The third kappa shape index (κ3) is 9.42. The summed E-state index contributed by atoms with van der Waals surface area (Å²) in [6, 6.07) is 22.8. The largest absolute Gasteiger partial charge is 0.491 e. The van der Waals surface area contributed by atoms with Gasteiger partial charge in [-0.05, 0) is 93.8 Å². The van der Waals surface area contributed by atoms with Crippen molar-refractivity contribution in [2.24, 2.45) is 0 Å². The number of imidazole rings is 1. The highest BCUT2D eigenvalue weighted by atomic mass is 35.5. The van der Waals surface area contributed by atoms with Gasteiger partial charge >= 0.3 is 0 Å². The number of ether oxygens (including phenoxy) is 3. The van der Waals surface area contributed by atoms with E-state index in [1.54, 1.807) is 12.1 Å². The van der Waals surface area contributed by atoms with Crippen LogP contribution in [0.4, 0.5) is 0 Å². The van der Waals surface area contributed by atoms with Crippen molar-refractivity contribution < 1.29 is 19.3 Å². The molecule has 3 aromatic carbocycles. The smallest absolute Gasteiger partial charge is 0.140 e. The lowest BCUT2D eigenvalue weighted by atomic mass is 10.1. The average molecular weight is 595 g/mol. The molecule has 0 amide bonds. The zero-order valence-electron chi connectivity index (χ0n) is 22.1. The Kier molecular flexibility index (Phi) is 13.1. The van der Waals surface area contributed by atoms with Crippen molar-refractivity contribution in [3.05, 3.63) is 89.8 Å². The molecule has 0 saturated carbocycles. The Morgan fingerprint density at radius 2 is 1.49 bits per heavy atom. The molecule has 7 nitrogen and oxygen atoms in total. The lowest BCUT2D eigenvalue weighted by Gasteiger charge is -2.16. The molecular formula is C29H34Cl3N3O4. The summed E-state index contributed by atoms with van der Waals surface area (Å²) in [6.45, 7) is 3.74. The van der Waals surface area contributed by atoms with Crippen molar-refractivity contribution >= 4 is 36.4 Å². The van der Waals surface area contributed by atoms with Gasteiger partial charge in [0.15, 0.2) is 0 Å². The number of aliphatic hydroxyl groups excluding tert-OH is 1. The number of aliphatic hydroxyl groups is 1. The summed E-state index contributed by atoms with van der Waals surface area (Å²) in [5.41, 5.74) is 2.74. The van der Waals surface area contributed by atoms with Crippen molar-refractivity contribution in [2.75, 3.05) is 33.9 Å². The van der Waals surface area contributed by atoms with E-state index in [4.69, 9.17) is 30.8 Å². The van der Waals surface area contributed by atoms with Crippen LogP contribution in [-0.2, 0) is 11.3 Å². The summed E-state index contributed by atoms with van der Waals surface area (Å²) < 4.78 is 19.4. The van der Waals surface area contributed by atoms with Gasteiger partial charge in [0.1, 0.15) is 42.4 Å². The average Bonchev–Trinajstić information content (AvgIpc) is 3.32. The third-order valence-corrected chi connectivity index (χ3v) is 5.80. The molecule has 1 atom stereocenters. The number of halogens is 3. The van der Waals surface area contributed by atoms with Crippen molar-refractivity contribution in [2.45, 2.75) is 19.6 Å². The second kappa shape index (κ2) is 15.7. The van der Waals surface area contributed by atoms with Crippen LogP contribution < -0.4 is 9.47 Å². The maximum absolute atomic E-state index is 10.0. The summed E-state index contributed by atoms with van der Waals surface area (Å²) in [6.07, 6.45) is 1.45. The van der Waals surface area contributed by atoms with Gasteiger partial charge in [-0.2, -0.15) is 0 Å². The zero-order chi connectivity index (χ0) is 26.2. The molecule has 0 aliphatic rings. The highest BCUT2D eigenvalue weighted by Crippen LogP contribution is 2.27. The maximum Gasteiger partial charge on any atom is 0.140 e. The molecule has 0 bridgehead atoms. The molecule has 0 aliphatic heterocycles. The Hall–Kier alpha value is -2.78. The minimum atomic E-state index is -0.547.